The maximum atomic E-state index is 12.6. The van der Waals surface area contributed by atoms with Crippen LogP contribution in [-0.4, -0.2) is 35.7 Å². The number of hydrogen-bond acceptors (Lipinski definition) is 7. The SMILES string of the molecule is CCOC(=O)C1=C(C)N2C(=NC(C)=C(C(=O)OC)C2c2ccccc2Cl)S1. The smallest absolute Gasteiger partial charge is 0.346 e. The number of hydrogen-bond donors (Lipinski definition) is 0. The van der Waals surface area contributed by atoms with Gasteiger partial charge in [-0.25, -0.2) is 14.6 Å². The minimum Gasteiger partial charge on any atom is -0.466 e. The minimum atomic E-state index is -0.543. The number of carbonyl (C=O) groups is 2. The molecule has 0 amide bonds. The zero-order valence-electron chi connectivity index (χ0n) is 15.4. The van der Waals surface area contributed by atoms with Crippen LogP contribution < -0.4 is 0 Å². The highest BCUT2D eigenvalue weighted by molar-refractivity contribution is 8.18. The molecule has 1 unspecified atom stereocenters. The van der Waals surface area contributed by atoms with Crippen molar-refractivity contribution in [3.05, 3.63) is 56.7 Å². The van der Waals surface area contributed by atoms with E-state index in [9.17, 15) is 9.59 Å². The predicted molar refractivity (Wildman–Crippen MR) is 105 cm³/mol. The zero-order valence-corrected chi connectivity index (χ0v) is 17.0. The number of nitrogens with zero attached hydrogens (tertiary/aromatic N) is 2. The molecule has 0 spiro atoms. The number of esters is 2. The van der Waals surface area contributed by atoms with E-state index in [1.165, 1.54) is 18.9 Å². The molecule has 1 atom stereocenters. The molecule has 1 aromatic rings. The van der Waals surface area contributed by atoms with Crippen LogP contribution in [0.2, 0.25) is 5.02 Å². The van der Waals surface area contributed by atoms with Crippen LogP contribution in [0.4, 0.5) is 0 Å². The normalized spacial score (nSPS) is 19.1. The Morgan fingerprint density at radius 3 is 2.59 bits per heavy atom. The van der Waals surface area contributed by atoms with E-state index in [-0.39, 0.29) is 6.61 Å². The molecule has 2 aliphatic rings. The van der Waals surface area contributed by atoms with Crippen LogP contribution in [0, 0.1) is 0 Å². The summed E-state index contributed by atoms with van der Waals surface area (Å²) in [5.41, 5.74) is 2.32. The number of thioether (sulfide) groups is 1. The lowest BCUT2D eigenvalue weighted by Gasteiger charge is -2.35. The monoisotopic (exact) mass is 406 g/mol. The average Bonchev–Trinajstić information content (AvgIpc) is 2.97. The topological polar surface area (TPSA) is 68.2 Å². The molecule has 0 aromatic heterocycles. The lowest BCUT2D eigenvalue weighted by atomic mass is 9.94. The number of benzene rings is 1. The molecule has 0 saturated carbocycles. The predicted octanol–water partition coefficient (Wildman–Crippen LogP) is 4.04. The quantitative estimate of drug-likeness (QED) is 0.703. The van der Waals surface area contributed by atoms with Crippen LogP contribution in [0.3, 0.4) is 0 Å². The van der Waals surface area contributed by atoms with E-state index in [4.69, 9.17) is 21.1 Å². The van der Waals surface area contributed by atoms with Gasteiger partial charge in [0.2, 0.25) is 0 Å². The lowest BCUT2D eigenvalue weighted by molar-refractivity contribution is -0.138. The Kier molecular flexibility index (Phi) is 5.62. The van der Waals surface area contributed by atoms with Crippen molar-refractivity contribution in [2.45, 2.75) is 26.8 Å². The first kappa shape index (κ1) is 19.5. The van der Waals surface area contributed by atoms with Gasteiger partial charge in [-0.2, -0.15) is 0 Å². The second-order valence-electron chi connectivity index (χ2n) is 5.92. The van der Waals surface area contributed by atoms with Crippen molar-refractivity contribution in [1.82, 2.24) is 4.90 Å². The van der Waals surface area contributed by atoms with Crippen molar-refractivity contribution in [2.75, 3.05) is 13.7 Å². The summed E-state index contributed by atoms with van der Waals surface area (Å²) < 4.78 is 10.2. The second kappa shape index (κ2) is 7.78. The molecular weight excluding hydrogens is 388 g/mol. The van der Waals surface area contributed by atoms with Gasteiger partial charge in [0.05, 0.1) is 31.0 Å². The first-order valence-electron chi connectivity index (χ1n) is 8.38. The molecule has 1 aromatic carbocycles. The van der Waals surface area contributed by atoms with Gasteiger partial charge in [-0.15, -0.1) is 0 Å². The molecule has 27 heavy (non-hydrogen) atoms. The van der Waals surface area contributed by atoms with E-state index in [1.54, 1.807) is 26.8 Å². The maximum Gasteiger partial charge on any atom is 0.346 e. The average molecular weight is 407 g/mol. The zero-order chi connectivity index (χ0) is 19.7. The number of amidine groups is 1. The summed E-state index contributed by atoms with van der Waals surface area (Å²) in [7, 11) is 1.33. The number of methoxy groups -OCH3 is 1. The Morgan fingerprint density at radius 2 is 1.96 bits per heavy atom. The Bertz CT molecular complexity index is 907. The number of rotatable bonds is 4. The highest BCUT2D eigenvalue weighted by atomic mass is 35.5. The fourth-order valence-corrected chi connectivity index (χ4v) is 4.46. The van der Waals surface area contributed by atoms with Gasteiger partial charge in [-0.05, 0) is 44.2 Å². The summed E-state index contributed by atoms with van der Waals surface area (Å²) in [5, 5.41) is 1.12. The van der Waals surface area contributed by atoms with Gasteiger partial charge >= 0.3 is 11.9 Å². The van der Waals surface area contributed by atoms with Crippen LogP contribution >= 0.6 is 23.4 Å². The first-order chi connectivity index (χ1) is 12.9. The fraction of sp³-hybridized carbons (Fsp3) is 0.316. The number of fused-ring (bicyclic) bond motifs is 1. The standard InChI is InChI=1S/C19H19ClN2O4S/c1-5-26-18(24)16-11(3)22-15(12-8-6-7-9-13(12)20)14(17(23)25-4)10(2)21-19(22)27-16/h6-9,15H,5H2,1-4H3. The van der Waals surface area contributed by atoms with Crippen molar-refractivity contribution < 1.29 is 19.1 Å². The van der Waals surface area contributed by atoms with Crippen LogP contribution in [0.1, 0.15) is 32.4 Å². The van der Waals surface area contributed by atoms with E-state index < -0.39 is 18.0 Å². The molecule has 8 heteroatoms. The van der Waals surface area contributed by atoms with Crippen molar-refractivity contribution >= 4 is 40.5 Å². The molecule has 2 aliphatic heterocycles. The molecule has 0 fully saturated rings. The minimum absolute atomic E-state index is 0.279. The van der Waals surface area contributed by atoms with E-state index >= 15 is 0 Å². The summed E-state index contributed by atoms with van der Waals surface area (Å²) in [5.74, 6) is -0.894. The number of allylic oxidation sites excluding steroid dienone is 2. The van der Waals surface area contributed by atoms with Crippen LogP contribution in [0.5, 0.6) is 0 Å². The molecule has 3 rings (SSSR count). The summed E-state index contributed by atoms with van der Waals surface area (Å²) in [4.78, 5) is 31.7. The highest BCUT2D eigenvalue weighted by Gasteiger charge is 2.44. The molecule has 0 saturated heterocycles. The van der Waals surface area contributed by atoms with E-state index in [0.717, 1.165) is 5.56 Å². The van der Waals surface area contributed by atoms with Crippen LogP contribution in [0.15, 0.2) is 51.1 Å². The third kappa shape index (κ3) is 3.37. The van der Waals surface area contributed by atoms with Gasteiger partial charge in [-0.3, -0.25) is 0 Å². The summed E-state index contributed by atoms with van der Waals surface area (Å²) in [6.45, 7) is 5.59. The van der Waals surface area contributed by atoms with Crippen LogP contribution in [0.25, 0.3) is 0 Å². The third-order valence-corrected chi connectivity index (χ3v) is 5.82. The van der Waals surface area contributed by atoms with Crippen LogP contribution in [-0.2, 0) is 19.1 Å². The van der Waals surface area contributed by atoms with E-state index in [1.807, 2.05) is 23.1 Å². The van der Waals surface area contributed by atoms with Crippen molar-refractivity contribution in [1.29, 1.82) is 0 Å². The number of ether oxygens (including phenoxy) is 2. The van der Waals surface area contributed by atoms with Gasteiger partial charge in [-0.1, -0.05) is 29.8 Å². The molecule has 0 aliphatic carbocycles. The van der Waals surface area contributed by atoms with Gasteiger partial charge < -0.3 is 14.4 Å². The van der Waals surface area contributed by atoms with Gasteiger partial charge in [0.15, 0.2) is 5.17 Å². The largest absolute Gasteiger partial charge is 0.466 e. The molecule has 2 heterocycles. The Morgan fingerprint density at radius 1 is 1.26 bits per heavy atom. The summed E-state index contributed by atoms with van der Waals surface area (Å²) in [6, 6.07) is 6.75. The number of aliphatic imine (C=N–C) groups is 1. The number of carbonyl (C=O) groups excluding carboxylic acids is 2. The van der Waals surface area contributed by atoms with Crippen molar-refractivity contribution in [2.24, 2.45) is 4.99 Å². The van der Waals surface area contributed by atoms with Gasteiger partial charge in [0.1, 0.15) is 4.91 Å². The van der Waals surface area contributed by atoms with Gasteiger partial charge in [0.25, 0.3) is 0 Å². The molecule has 0 radical (unpaired) electrons. The maximum absolute atomic E-state index is 12.6. The first-order valence-corrected chi connectivity index (χ1v) is 9.57. The fourth-order valence-electron chi connectivity index (χ4n) is 3.13. The Labute approximate surface area is 166 Å². The third-order valence-electron chi connectivity index (χ3n) is 4.34. The lowest BCUT2D eigenvalue weighted by Crippen LogP contribution is -2.36. The molecule has 142 valence electrons. The Hall–Kier alpha value is -2.25. The van der Waals surface area contributed by atoms with Crippen molar-refractivity contribution in [3.63, 3.8) is 0 Å². The Balaban J connectivity index is 2.19. The molecule has 6 nitrogen and oxygen atoms in total. The number of halogens is 1. The molecule has 0 bridgehead atoms. The molecule has 0 N–H and O–H groups in total. The van der Waals surface area contributed by atoms with Crippen molar-refractivity contribution in [3.8, 4) is 0 Å². The second-order valence-corrected chi connectivity index (χ2v) is 7.30. The van der Waals surface area contributed by atoms with Gasteiger partial charge in [0, 0.05) is 10.7 Å². The van der Waals surface area contributed by atoms with E-state index in [2.05, 4.69) is 4.99 Å². The molecular formula is C19H19ClN2O4S. The van der Waals surface area contributed by atoms with E-state index in [0.29, 0.717) is 32.1 Å². The highest BCUT2D eigenvalue weighted by Crippen LogP contribution is 2.48. The summed E-state index contributed by atoms with van der Waals surface area (Å²) >= 11 is 7.68. The summed E-state index contributed by atoms with van der Waals surface area (Å²) in [6.07, 6.45) is 0.